The van der Waals surface area contributed by atoms with Crippen LogP contribution in [0, 0.1) is 0 Å². The van der Waals surface area contributed by atoms with Gasteiger partial charge in [0, 0.05) is 0 Å². The molecular weight excluding hydrogens is 408 g/mol. The van der Waals surface area contributed by atoms with Crippen molar-refractivity contribution < 1.29 is 0 Å². The molecule has 0 saturated carbocycles. The van der Waals surface area contributed by atoms with Gasteiger partial charge in [-0.05, 0) is 104 Å². The lowest BCUT2D eigenvalue weighted by Gasteiger charge is -2.19. The molecule has 0 aliphatic rings. The number of fused-ring (bicyclic) bond motifs is 4. The van der Waals surface area contributed by atoms with Crippen LogP contribution in [0.1, 0.15) is 76.3 Å². The second-order valence-electron chi connectivity index (χ2n) is 10.1. The van der Waals surface area contributed by atoms with Crippen LogP contribution in [0.5, 0.6) is 0 Å². The molecule has 5 aromatic rings. The Labute approximate surface area is 205 Å². The lowest BCUT2D eigenvalue weighted by atomic mass is 9.85. The van der Waals surface area contributed by atoms with Crippen molar-refractivity contribution in [3.8, 4) is 0 Å². The van der Waals surface area contributed by atoms with Crippen LogP contribution < -0.4 is 0 Å². The summed E-state index contributed by atoms with van der Waals surface area (Å²) in [6.07, 6.45) is 12.7. The minimum Gasteiger partial charge on any atom is -0.0654 e. The third-order valence-electron chi connectivity index (χ3n) is 7.63. The van der Waals surface area contributed by atoms with E-state index >= 15 is 0 Å². The number of rotatable bonds is 10. The SMILES string of the molecule is CCCCCCc1c2cc3ccccc3cc2c(CCCCCC)c2cc3ccccc3cc12. The third-order valence-corrected chi connectivity index (χ3v) is 7.63. The van der Waals surface area contributed by atoms with Crippen molar-refractivity contribution in [2.75, 3.05) is 0 Å². The van der Waals surface area contributed by atoms with E-state index in [1.807, 2.05) is 0 Å². The van der Waals surface area contributed by atoms with Gasteiger partial charge in [-0.1, -0.05) is 101 Å². The minimum absolute atomic E-state index is 1.17. The summed E-state index contributed by atoms with van der Waals surface area (Å²) in [5.74, 6) is 0. The van der Waals surface area contributed by atoms with Crippen molar-refractivity contribution in [3.63, 3.8) is 0 Å². The summed E-state index contributed by atoms with van der Waals surface area (Å²) in [4.78, 5) is 0. The normalized spacial score (nSPS) is 11.8. The van der Waals surface area contributed by atoms with Crippen LogP contribution in [0.4, 0.5) is 0 Å². The van der Waals surface area contributed by atoms with Crippen molar-refractivity contribution in [3.05, 3.63) is 83.9 Å². The van der Waals surface area contributed by atoms with E-state index in [4.69, 9.17) is 0 Å². The summed E-state index contributed by atoms with van der Waals surface area (Å²) in [6, 6.07) is 27.8. The van der Waals surface area contributed by atoms with Gasteiger partial charge in [-0.25, -0.2) is 0 Å². The average molecular weight is 447 g/mol. The molecule has 0 heteroatoms. The van der Waals surface area contributed by atoms with Crippen LogP contribution in [0.3, 0.4) is 0 Å². The molecule has 0 aliphatic carbocycles. The first kappa shape index (κ1) is 22.9. The van der Waals surface area contributed by atoms with Gasteiger partial charge in [0.15, 0.2) is 0 Å². The van der Waals surface area contributed by atoms with E-state index in [1.165, 1.54) is 107 Å². The average Bonchev–Trinajstić information content (AvgIpc) is 2.87. The monoisotopic (exact) mass is 446 g/mol. The number of unbranched alkanes of at least 4 members (excludes halogenated alkanes) is 6. The topological polar surface area (TPSA) is 0 Å². The van der Waals surface area contributed by atoms with E-state index in [1.54, 1.807) is 11.1 Å². The van der Waals surface area contributed by atoms with Gasteiger partial charge in [0.05, 0.1) is 0 Å². The first-order chi connectivity index (χ1) is 16.8. The van der Waals surface area contributed by atoms with Gasteiger partial charge in [0.1, 0.15) is 0 Å². The molecule has 174 valence electrons. The Morgan fingerprint density at radius 1 is 0.412 bits per heavy atom. The maximum absolute atomic E-state index is 2.49. The Kier molecular flexibility index (Phi) is 7.14. The van der Waals surface area contributed by atoms with E-state index in [0.29, 0.717) is 0 Å². The van der Waals surface area contributed by atoms with E-state index < -0.39 is 0 Å². The molecule has 0 aromatic heterocycles. The van der Waals surface area contributed by atoms with E-state index in [9.17, 15) is 0 Å². The summed E-state index contributed by atoms with van der Waals surface area (Å²) in [5, 5.41) is 11.4. The van der Waals surface area contributed by atoms with Gasteiger partial charge < -0.3 is 0 Å². The second-order valence-corrected chi connectivity index (χ2v) is 10.1. The molecule has 0 amide bonds. The summed E-state index contributed by atoms with van der Waals surface area (Å²) >= 11 is 0. The van der Waals surface area contributed by atoms with Crippen LogP contribution in [0.15, 0.2) is 72.8 Å². The number of hydrogen-bond donors (Lipinski definition) is 0. The maximum atomic E-state index is 2.49. The fourth-order valence-electron chi connectivity index (χ4n) is 5.77. The fraction of sp³-hybridized carbons (Fsp3) is 0.353. The number of aryl methyl sites for hydroxylation is 2. The van der Waals surface area contributed by atoms with Crippen molar-refractivity contribution in [1.82, 2.24) is 0 Å². The van der Waals surface area contributed by atoms with Gasteiger partial charge in [-0.15, -0.1) is 0 Å². The first-order valence-corrected chi connectivity index (χ1v) is 13.6. The molecule has 34 heavy (non-hydrogen) atoms. The molecular formula is C34H38. The lowest BCUT2D eigenvalue weighted by Crippen LogP contribution is -1.98. The Morgan fingerprint density at radius 3 is 1.03 bits per heavy atom. The Hall–Kier alpha value is -2.86. The highest BCUT2D eigenvalue weighted by atomic mass is 14.2. The number of benzene rings is 5. The molecule has 0 unspecified atom stereocenters. The highest BCUT2D eigenvalue weighted by Crippen LogP contribution is 2.39. The fourth-order valence-corrected chi connectivity index (χ4v) is 5.77. The van der Waals surface area contributed by atoms with Crippen LogP contribution in [0.2, 0.25) is 0 Å². The highest BCUT2D eigenvalue weighted by Gasteiger charge is 2.16. The van der Waals surface area contributed by atoms with Crippen molar-refractivity contribution >= 4 is 43.1 Å². The summed E-state index contributed by atoms with van der Waals surface area (Å²) < 4.78 is 0. The molecule has 0 saturated heterocycles. The summed E-state index contributed by atoms with van der Waals surface area (Å²) in [7, 11) is 0. The maximum Gasteiger partial charge on any atom is -0.0136 e. The van der Waals surface area contributed by atoms with E-state index in [2.05, 4.69) is 86.6 Å². The van der Waals surface area contributed by atoms with Crippen molar-refractivity contribution in [2.45, 2.75) is 78.1 Å². The van der Waals surface area contributed by atoms with Gasteiger partial charge >= 0.3 is 0 Å². The molecule has 5 aromatic carbocycles. The number of hydrogen-bond acceptors (Lipinski definition) is 0. The lowest BCUT2D eigenvalue weighted by molar-refractivity contribution is 0.668. The molecule has 0 nitrogen and oxygen atoms in total. The molecule has 0 N–H and O–H groups in total. The first-order valence-electron chi connectivity index (χ1n) is 13.6. The predicted octanol–water partition coefficient (Wildman–Crippen LogP) is 10.5. The van der Waals surface area contributed by atoms with Crippen molar-refractivity contribution in [1.29, 1.82) is 0 Å². The molecule has 0 aliphatic heterocycles. The molecule has 5 rings (SSSR count). The largest absolute Gasteiger partial charge is 0.0654 e. The minimum atomic E-state index is 1.17. The van der Waals surface area contributed by atoms with Crippen LogP contribution >= 0.6 is 0 Å². The molecule has 0 heterocycles. The smallest absolute Gasteiger partial charge is 0.0136 e. The van der Waals surface area contributed by atoms with Crippen molar-refractivity contribution in [2.24, 2.45) is 0 Å². The third kappa shape index (κ3) is 4.56. The molecule has 0 atom stereocenters. The van der Waals surface area contributed by atoms with E-state index in [-0.39, 0.29) is 0 Å². The highest BCUT2D eigenvalue weighted by molar-refractivity contribution is 6.13. The van der Waals surface area contributed by atoms with E-state index in [0.717, 1.165) is 0 Å². The van der Waals surface area contributed by atoms with Crippen LogP contribution in [-0.4, -0.2) is 0 Å². The Bertz CT molecular complexity index is 1220. The van der Waals surface area contributed by atoms with Crippen LogP contribution in [-0.2, 0) is 12.8 Å². The standard InChI is InChI=1S/C34H38/c1-3-5-7-9-19-29-31-21-25-15-11-13-17-27(25)23-33(31)30(20-10-8-6-4-2)34-24-28-18-14-12-16-26(28)22-32(29)34/h11-18,21-24H,3-10,19-20H2,1-2H3. The quantitative estimate of drug-likeness (QED) is 0.148. The van der Waals surface area contributed by atoms with Gasteiger partial charge in [-0.2, -0.15) is 0 Å². The van der Waals surface area contributed by atoms with Gasteiger partial charge in [0.25, 0.3) is 0 Å². The van der Waals surface area contributed by atoms with Gasteiger partial charge in [-0.3, -0.25) is 0 Å². The zero-order chi connectivity index (χ0) is 23.3. The van der Waals surface area contributed by atoms with Gasteiger partial charge in [0.2, 0.25) is 0 Å². The Morgan fingerprint density at radius 2 is 0.735 bits per heavy atom. The predicted molar refractivity (Wildman–Crippen MR) is 152 cm³/mol. The summed E-state index contributed by atoms with van der Waals surface area (Å²) in [6.45, 7) is 4.60. The molecule has 0 fully saturated rings. The van der Waals surface area contributed by atoms with Crippen LogP contribution in [0.25, 0.3) is 43.1 Å². The second kappa shape index (κ2) is 10.6. The zero-order valence-corrected chi connectivity index (χ0v) is 21.0. The summed E-state index contributed by atoms with van der Waals surface area (Å²) in [5.41, 5.74) is 3.13. The Balaban J connectivity index is 1.79. The molecule has 0 radical (unpaired) electrons. The molecule has 0 bridgehead atoms. The zero-order valence-electron chi connectivity index (χ0n) is 21.0. The molecule has 0 spiro atoms.